The van der Waals surface area contributed by atoms with Crippen molar-refractivity contribution in [2.24, 2.45) is 11.5 Å². The molecule has 2 unspecified atom stereocenters. The van der Waals surface area contributed by atoms with E-state index in [9.17, 15) is 9.18 Å². The third-order valence-electron chi connectivity index (χ3n) is 3.32. The molecule has 2 atom stereocenters. The maximum absolute atomic E-state index is 13.2. The van der Waals surface area contributed by atoms with Gasteiger partial charge < -0.3 is 21.2 Å². The molecule has 1 aromatic carbocycles. The van der Waals surface area contributed by atoms with Crippen molar-refractivity contribution < 1.29 is 13.9 Å². The van der Waals surface area contributed by atoms with Crippen LogP contribution in [0.2, 0.25) is 0 Å². The van der Waals surface area contributed by atoms with E-state index in [0.29, 0.717) is 27.8 Å². The number of nitrogens with two attached hydrogens (primary N) is 2. The Hall–Kier alpha value is -2.17. The Labute approximate surface area is 165 Å². The van der Waals surface area contributed by atoms with Crippen molar-refractivity contribution in [2.45, 2.75) is 37.8 Å². The fraction of sp³-hybridized carbons (Fsp3) is 0.353. The van der Waals surface area contributed by atoms with Gasteiger partial charge >= 0.3 is 0 Å². The molecule has 27 heavy (non-hydrogen) atoms. The summed E-state index contributed by atoms with van der Waals surface area (Å²) in [6.45, 7) is 5.36. The van der Waals surface area contributed by atoms with E-state index >= 15 is 0 Å². The number of hydrogen-bond donors (Lipinski definition) is 4. The van der Waals surface area contributed by atoms with E-state index in [4.69, 9.17) is 21.6 Å². The summed E-state index contributed by atoms with van der Waals surface area (Å²) in [6.07, 6.45) is -0.0655. The molecule has 0 bridgehead atoms. The molecule has 7 nitrogen and oxygen atoms in total. The molecule has 6 N–H and O–H groups in total. The molecule has 0 radical (unpaired) electrons. The SMILES string of the molecule is CC(=N)C(SC(N)F)c1csc(Nc2cc(C(N)=O)ccc2OC(C)C)n1. The molecule has 0 spiro atoms. The number of nitrogens with one attached hydrogen (secondary N) is 2. The number of thioether (sulfide) groups is 1. The lowest BCUT2D eigenvalue weighted by Gasteiger charge is -2.15. The van der Waals surface area contributed by atoms with Gasteiger partial charge in [0.1, 0.15) is 5.75 Å². The first-order chi connectivity index (χ1) is 12.7. The first-order valence-corrected chi connectivity index (χ1v) is 9.92. The van der Waals surface area contributed by atoms with Crippen LogP contribution in [-0.4, -0.2) is 28.3 Å². The molecule has 146 valence electrons. The number of rotatable bonds is 9. The summed E-state index contributed by atoms with van der Waals surface area (Å²) < 4.78 is 18.9. The normalized spacial score (nSPS) is 13.3. The second-order valence-corrected chi connectivity index (χ2v) is 8.05. The summed E-state index contributed by atoms with van der Waals surface area (Å²) in [5.41, 5.74) is 10.6. The number of aromatic nitrogens is 1. The Balaban J connectivity index is 2.31. The van der Waals surface area contributed by atoms with Crippen LogP contribution in [0.4, 0.5) is 15.2 Å². The van der Waals surface area contributed by atoms with E-state index in [1.807, 2.05) is 13.8 Å². The molecule has 10 heteroatoms. The van der Waals surface area contributed by atoms with Crippen molar-refractivity contribution in [3.8, 4) is 5.75 Å². The van der Waals surface area contributed by atoms with Gasteiger partial charge in [0.2, 0.25) is 5.91 Å². The lowest BCUT2D eigenvalue weighted by atomic mass is 10.1. The lowest BCUT2D eigenvalue weighted by Crippen LogP contribution is -2.15. The number of ether oxygens (including phenoxy) is 1. The Kier molecular flexibility index (Phi) is 7.17. The minimum absolute atomic E-state index is 0.0655. The van der Waals surface area contributed by atoms with Crippen LogP contribution in [0.25, 0.3) is 0 Å². The summed E-state index contributed by atoms with van der Waals surface area (Å²) in [7, 11) is 0. The fourth-order valence-corrected chi connectivity index (χ4v) is 3.80. The van der Waals surface area contributed by atoms with E-state index in [1.54, 1.807) is 30.5 Å². The van der Waals surface area contributed by atoms with E-state index in [1.165, 1.54) is 11.3 Å². The first kappa shape index (κ1) is 21.1. The van der Waals surface area contributed by atoms with Gasteiger partial charge in [-0.3, -0.25) is 10.5 Å². The predicted molar refractivity (Wildman–Crippen MR) is 109 cm³/mol. The standard InChI is InChI=1S/C17H22FN5O2S2/c1-8(2)25-13-5-4-10(15(20)24)6-11(13)22-17-23-12(7-26-17)14(9(3)19)27-16(18)21/h4-8,14,16,19H,21H2,1-3H3,(H2,20,24)(H,22,23). The molecule has 0 saturated heterocycles. The minimum Gasteiger partial charge on any atom is -0.489 e. The molecular formula is C17H22FN5O2S2. The summed E-state index contributed by atoms with van der Waals surface area (Å²) in [5.74, 6) is -0.00602. The average Bonchev–Trinajstić information content (AvgIpc) is 3.01. The third kappa shape index (κ3) is 5.91. The number of primary amides is 1. The van der Waals surface area contributed by atoms with Crippen LogP contribution in [0.15, 0.2) is 23.6 Å². The van der Waals surface area contributed by atoms with E-state index in [2.05, 4.69) is 10.3 Å². The van der Waals surface area contributed by atoms with Crippen LogP contribution < -0.4 is 21.5 Å². The van der Waals surface area contributed by atoms with Gasteiger partial charge in [0, 0.05) is 16.7 Å². The van der Waals surface area contributed by atoms with Crippen LogP contribution in [-0.2, 0) is 0 Å². The second kappa shape index (κ2) is 9.16. The highest BCUT2D eigenvalue weighted by Crippen LogP contribution is 2.36. The van der Waals surface area contributed by atoms with Crippen molar-refractivity contribution in [1.82, 2.24) is 4.98 Å². The molecule has 1 heterocycles. The first-order valence-electron chi connectivity index (χ1n) is 8.10. The molecule has 0 fully saturated rings. The summed E-state index contributed by atoms with van der Waals surface area (Å²) in [4.78, 5) is 15.9. The second-order valence-electron chi connectivity index (χ2n) is 5.99. The molecule has 1 aromatic heterocycles. The third-order valence-corrected chi connectivity index (χ3v) is 5.22. The number of thiazole rings is 1. The quantitative estimate of drug-likeness (QED) is 0.282. The number of anilines is 2. The highest BCUT2D eigenvalue weighted by Gasteiger charge is 2.21. The number of benzene rings is 1. The molecular weight excluding hydrogens is 389 g/mol. The van der Waals surface area contributed by atoms with Crippen molar-refractivity contribution >= 4 is 45.5 Å². The smallest absolute Gasteiger partial charge is 0.248 e. The number of nitrogens with zero attached hydrogens (tertiary/aromatic N) is 1. The van der Waals surface area contributed by atoms with Crippen LogP contribution in [0.5, 0.6) is 5.75 Å². The van der Waals surface area contributed by atoms with Gasteiger partial charge in [-0.05, 0) is 39.0 Å². The largest absolute Gasteiger partial charge is 0.489 e. The zero-order valence-electron chi connectivity index (χ0n) is 15.2. The van der Waals surface area contributed by atoms with Crippen molar-refractivity contribution in [2.75, 3.05) is 5.32 Å². The average molecular weight is 412 g/mol. The van der Waals surface area contributed by atoms with Crippen molar-refractivity contribution in [1.29, 1.82) is 5.41 Å². The van der Waals surface area contributed by atoms with E-state index in [0.717, 1.165) is 11.8 Å². The highest BCUT2D eigenvalue weighted by atomic mass is 32.2. The van der Waals surface area contributed by atoms with Gasteiger partial charge in [-0.15, -0.1) is 11.3 Å². The molecule has 2 rings (SSSR count). The molecule has 0 aliphatic rings. The van der Waals surface area contributed by atoms with Gasteiger partial charge in [0.15, 0.2) is 10.8 Å². The molecule has 0 saturated carbocycles. The van der Waals surface area contributed by atoms with Gasteiger partial charge in [-0.2, -0.15) is 0 Å². The Morgan fingerprint density at radius 1 is 1.44 bits per heavy atom. The van der Waals surface area contributed by atoms with Crippen LogP contribution >= 0.6 is 23.1 Å². The van der Waals surface area contributed by atoms with Crippen LogP contribution in [0.1, 0.15) is 42.1 Å². The number of hydrogen-bond acceptors (Lipinski definition) is 8. The number of carbonyl (C=O) groups is 1. The van der Waals surface area contributed by atoms with Gasteiger partial charge in [-0.25, -0.2) is 9.37 Å². The number of amides is 1. The van der Waals surface area contributed by atoms with Crippen LogP contribution in [0, 0.1) is 5.41 Å². The van der Waals surface area contributed by atoms with Gasteiger partial charge in [-0.1, -0.05) is 11.8 Å². The highest BCUT2D eigenvalue weighted by molar-refractivity contribution is 8.00. The topological polar surface area (TPSA) is 127 Å². The molecule has 0 aliphatic carbocycles. The van der Waals surface area contributed by atoms with Gasteiger partial charge in [0.25, 0.3) is 0 Å². The molecule has 1 amide bonds. The summed E-state index contributed by atoms with van der Waals surface area (Å²) in [6, 6.07) is 4.85. The zero-order chi connectivity index (χ0) is 20.1. The Morgan fingerprint density at radius 2 is 2.15 bits per heavy atom. The van der Waals surface area contributed by atoms with E-state index < -0.39 is 16.8 Å². The Bertz CT molecular complexity index is 825. The predicted octanol–water partition coefficient (Wildman–Crippen LogP) is 3.80. The number of carbonyl (C=O) groups excluding carboxylic acids is 1. The maximum Gasteiger partial charge on any atom is 0.248 e. The lowest BCUT2D eigenvalue weighted by molar-refractivity contribution is 0.100. The fourth-order valence-electron chi connectivity index (χ4n) is 2.24. The molecule has 0 aliphatic heterocycles. The molecule has 2 aromatic rings. The van der Waals surface area contributed by atoms with E-state index in [-0.39, 0.29) is 11.8 Å². The summed E-state index contributed by atoms with van der Waals surface area (Å²) >= 11 is 2.11. The summed E-state index contributed by atoms with van der Waals surface area (Å²) in [5, 5.41) is 12.6. The van der Waals surface area contributed by atoms with Gasteiger partial charge in [0.05, 0.1) is 22.7 Å². The zero-order valence-corrected chi connectivity index (χ0v) is 16.8. The minimum atomic E-state index is -1.60. The number of halogens is 1. The van der Waals surface area contributed by atoms with Crippen molar-refractivity contribution in [3.05, 3.63) is 34.8 Å². The number of alkyl halides is 1. The van der Waals surface area contributed by atoms with Crippen molar-refractivity contribution in [3.63, 3.8) is 0 Å². The monoisotopic (exact) mass is 411 g/mol. The maximum atomic E-state index is 13.2. The van der Waals surface area contributed by atoms with Crippen LogP contribution in [0.3, 0.4) is 0 Å². The Morgan fingerprint density at radius 3 is 2.70 bits per heavy atom.